The second-order valence-corrected chi connectivity index (χ2v) is 6.58. The third-order valence-corrected chi connectivity index (χ3v) is 4.60. The molecule has 1 N–H and O–H groups in total. The Bertz CT molecular complexity index is 864. The van der Waals surface area contributed by atoms with E-state index in [0.29, 0.717) is 22.4 Å². The fourth-order valence-electron chi connectivity index (χ4n) is 2.39. The number of amides is 1. The minimum atomic E-state index is -0.391. The van der Waals surface area contributed by atoms with Crippen LogP contribution in [0.15, 0.2) is 52.2 Å². The van der Waals surface area contributed by atoms with E-state index in [4.69, 9.17) is 4.42 Å². The molecule has 0 saturated carbocycles. The Balaban J connectivity index is 1.68. The van der Waals surface area contributed by atoms with Crippen LogP contribution in [0.3, 0.4) is 0 Å². The third-order valence-electron chi connectivity index (χ3n) is 3.63. The van der Waals surface area contributed by atoms with E-state index in [-0.39, 0.29) is 11.7 Å². The zero-order valence-electron chi connectivity index (χ0n) is 14.3. The molecule has 1 amide bonds. The van der Waals surface area contributed by atoms with E-state index in [9.17, 15) is 9.18 Å². The van der Waals surface area contributed by atoms with Crippen LogP contribution in [0, 0.1) is 5.82 Å². The Morgan fingerprint density at radius 1 is 1.31 bits per heavy atom. The number of carbonyl (C=O) groups excluding carboxylic acids is 1. The van der Waals surface area contributed by atoms with Gasteiger partial charge in [-0.05, 0) is 36.8 Å². The second kappa shape index (κ2) is 8.66. The van der Waals surface area contributed by atoms with E-state index in [1.165, 1.54) is 23.9 Å². The fourth-order valence-corrected chi connectivity index (χ4v) is 3.16. The molecule has 26 heavy (non-hydrogen) atoms. The number of benzene rings is 1. The van der Waals surface area contributed by atoms with Crippen molar-refractivity contribution in [3.63, 3.8) is 0 Å². The maximum Gasteiger partial charge on any atom is 0.234 e. The number of carbonyl (C=O) groups is 1. The summed E-state index contributed by atoms with van der Waals surface area (Å²) >= 11 is 1.29. The predicted molar refractivity (Wildman–Crippen MR) is 98.4 cm³/mol. The Kier molecular flexibility index (Phi) is 6.06. The van der Waals surface area contributed by atoms with Gasteiger partial charge in [-0.2, -0.15) is 0 Å². The van der Waals surface area contributed by atoms with Crippen molar-refractivity contribution in [1.82, 2.24) is 14.8 Å². The Labute approximate surface area is 154 Å². The second-order valence-electron chi connectivity index (χ2n) is 5.64. The molecular formula is C18H19FN4O2S. The summed E-state index contributed by atoms with van der Waals surface area (Å²) in [5.74, 6) is 0.822. The predicted octanol–water partition coefficient (Wildman–Crippen LogP) is 4.21. The number of aromatic nitrogens is 3. The lowest BCUT2D eigenvalue weighted by Gasteiger charge is -2.08. The van der Waals surface area contributed by atoms with E-state index in [1.54, 1.807) is 24.5 Å². The molecule has 0 spiro atoms. The monoisotopic (exact) mass is 374 g/mol. The van der Waals surface area contributed by atoms with Crippen LogP contribution in [0.25, 0.3) is 11.6 Å². The van der Waals surface area contributed by atoms with Gasteiger partial charge in [0.15, 0.2) is 16.7 Å². The van der Waals surface area contributed by atoms with Crippen LogP contribution in [-0.4, -0.2) is 26.4 Å². The molecule has 0 bridgehead atoms. The topological polar surface area (TPSA) is 73.0 Å². The molecule has 0 unspecified atom stereocenters. The largest absolute Gasteiger partial charge is 0.461 e. The van der Waals surface area contributed by atoms with E-state index in [0.717, 1.165) is 19.4 Å². The highest BCUT2D eigenvalue weighted by atomic mass is 32.2. The van der Waals surface area contributed by atoms with Gasteiger partial charge in [0.05, 0.1) is 12.0 Å². The maximum atomic E-state index is 13.2. The van der Waals surface area contributed by atoms with Gasteiger partial charge >= 0.3 is 0 Å². The van der Waals surface area contributed by atoms with Gasteiger partial charge in [-0.1, -0.05) is 31.2 Å². The van der Waals surface area contributed by atoms with Crippen molar-refractivity contribution in [2.24, 2.45) is 0 Å². The molecule has 136 valence electrons. The highest BCUT2D eigenvalue weighted by Crippen LogP contribution is 2.25. The first kappa shape index (κ1) is 18.2. The zero-order valence-corrected chi connectivity index (χ0v) is 15.1. The summed E-state index contributed by atoms with van der Waals surface area (Å²) in [6.45, 7) is 2.85. The molecule has 0 saturated heterocycles. The minimum absolute atomic E-state index is 0.152. The van der Waals surface area contributed by atoms with Gasteiger partial charge in [0.1, 0.15) is 5.82 Å². The highest BCUT2D eigenvalue weighted by Gasteiger charge is 2.17. The van der Waals surface area contributed by atoms with Gasteiger partial charge in [-0.3, -0.25) is 9.36 Å². The molecule has 2 heterocycles. The number of halogens is 1. The molecule has 0 aliphatic carbocycles. The van der Waals surface area contributed by atoms with Gasteiger partial charge in [-0.25, -0.2) is 4.39 Å². The molecular weight excluding hydrogens is 355 g/mol. The lowest BCUT2D eigenvalue weighted by Crippen LogP contribution is -2.14. The number of thioether (sulfide) groups is 1. The van der Waals surface area contributed by atoms with Crippen molar-refractivity contribution >= 4 is 23.4 Å². The summed E-state index contributed by atoms with van der Waals surface area (Å²) in [5.41, 5.74) is 0.430. The molecule has 1 aromatic carbocycles. The smallest absolute Gasteiger partial charge is 0.234 e. The number of rotatable bonds is 8. The molecule has 0 aliphatic rings. The molecule has 3 rings (SSSR count). The minimum Gasteiger partial charge on any atom is -0.461 e. The summed E-state index contributed by atoms with van der Waals surface area (Å²) < 4.78 is 20.6. The zero-order chi connectivity index (χ0) is 18.4. The van der Waals surface area contributed by atoms with Crippen LogP contribution in [0.1, 0.15) is 19.8 Å². The van der Waals surface area contributed by atoms with Crippen LogP contribution in [0.5, 0.6) is 0 Å². The maximum absolute atomic E-state index is 13.2. The van der Waals surface area contributed by atoms with Gasteiger partial charge in [0.2, 0.25) is 5.91 Å². The van der Waals surface area contributed by atoms with E-state index in [2.05, 4.69) is 22.4 Å². The lowest BCUT2D eigenvalue weighted by atomic mass is 10.3. The van der Waals surface area contributed by atoms with Crippen LogP contribution >= 0.6 is 11.8 Å². The molecule has 8 heteroatoms. The van der Waals surface area contributed by atoms with Gasteiger partial charge in [-0.15, -0.1) is 10.2 Å². The van der Waals surface area contributed by atoms with Crippen LogP contribution in [-0.2, 0) is 11.3 Å². The fraction of sp³-hybridized carbons (Fsp3) is 0.278. The van der Waals surface area contributed by atoms with Crippen molar-refractivity contribution in [2.75, 3.05) is 11.1 Å². The number of unbranched alkanes of at least 4 members (excludes halogenated alkanes) is 1. The van der Waals surface area contributed by atoms with E-state index >= 15 is 0 Å². The summed E-state index contributed by atoms with van der Waals surface area (Å²) in [6, 6.07) is 9.43. The van der Waals surface area contributed by atoms with Crippen molar-refractivity contribution < 1.29 is 13.6 Å². The quantitative estimate of drug-likeness (QED) is 0.598. The number of furan rings is 1. The van der Waals surface area contributed by atoms with Gasteiger partial charge in [0, 0.05) is 12.2 Å². The van der Waals surface area contributed by atoms with Crippen molar-refractivity contribution in [1.29, 1.82) is 0 Å². The summed E-state index contributed by atoms with van der Waals surface area (Å²) in [7, 11) is 0. The first-order valence-electron chi connectivity index (χ1n) is 8.32. The number of nitrogens with one attached hydrogen (secondary N) is 1. The Morgan fingerprint density at radius 3 is 2.92 bits per heavy atom. The van der Waals surface area contributed by atoms with Crippen LogP contribution < -0.4 is 5.32 Å². The molecule has 6 nitrogen and oxygen atoms in total. The molecule has 0 radical (unpaired) electrons. The van der Waals surface area contributed by atoms with Crippen LogP contribution in [0.2, 0.25) is 0 Å². The van der Waals surface area contributed by atoms with Gasteiger partial charge < -0.3 is 9.73 Å². The lowest BCUT2D eigenvalue weighted by molar-refractivity contribution is -0.113. The number of anilines is 1. The molecule has 2 aromatic heterocycles. The third kappa shape index (κ3) is 4.51. The Morgan fingerprint density at radius 2 is 2.19 bits per heavy atom. The highest BCUT2D eigenvalue weighted by molar-refractivity contribution is 7.99. The SMILES string of the molecule is CCCCn1c(SCC(=O)Nc2cccc(F)c2)nnc1-c1ccco1. The normalized spacial score (nSPS) is 10.8. The average molecular weight is 374 g/mol. The number of hydrogen-bond acceptors (Lipinski definition) is 5. The van der Waals surface area contributed by atoms with Crippen LogP contribution in [0.4, 0.5) is 10.1 Å². The molecule has 0 atom stereocenters. The molecule has 0 aliphatic heterocycles. The average Bonchev–Trinajstić information content (AvgIpc) is 3.27. The van der Waals surface area contributed by atoms with Crippen molar-refractivity contribution in [3.05, 3.63) is 48.5 Å². The molecule has 3 aromatic rings. The van der Waals surface area contributed by atoms with Crippen molar-refractivity contribution in [3.8, 4) is 11.6 Å². The standard InChI is InChI=1S/C18H19FN4O2S/c1-2-3-9-23-17(15-8-5-10-25-15)21-22-18(23)26-12-16(24)20-14-7-4-6-13(19)11-14/h4-8,10-11H,2-3,9,12H2,1H3,(H,20,24). The van der Waals surface area contributed by atoms with E-state index in [1.807, 2.05) is 10.6 Å². The first-order chi connectivity index (χ1) is 12.7. The summed E-state index contributed by atoms with van der Waals surface area (Å²) in [4.78, 5) is 12.1. The van der Waals surface area contributed by atoms with Gasteiger partial charge in [0.25, 0.3) is 0 Å². The molecule has 0 fully saturated rings. The Hall–Kier alpha value is -2.61. The summed E-state index contributed by atoms with van der Waals surface area (Å²) in [6.07, 6.45) is 3.59. The van der Waals surface area contributed by atoms with Crippen molar-refractivity contribution in [2.45, 2.75) is 31.5 Å². The van der Waals surface area contributed by atoms with E-state index < -0.39 is 5.82 Å². The number of nitrogens with zero attached hydrogens (tertiary/aromatic N) is 3. The number of hydrogen-bond donors (Lipinski definition) is 1. The summed E-state index contributed by atoms with van der Waals surface area (Å²) in [5, 5.41) is 11.7. The first-order valence-corrected chi connectivity index (χ1v) is 9.31.